The smallest absolute Gasteiger partial charge is 0.184 e. The summed E-state index contributed by atoms with van der Waals surface area (Å²) >= 11 is 0. The summed E-state index contributed by atoms with van der Waals surface area (Å²) < 4.78 is 31.8. The van der Waals surface area contributed by atoms with Crippen molar-refractivity contribution in [3.8, 4) is 45.7 Å². The number of anilines is 1. The monoisotopic (exact) mass is 518 g/mol. The van der Waals surface area contributed by atoms with Gasteiger partial charge in [-0.1, -0.05) is 6.07 Å². The standard InChI is InChI=1S/C27H27FN6O4/c1-36-22-13-16(3-6-21(22)38-10-2-7-34-8-11-37-12-9-34)23-19(15-29)25(18-5-4-17(35)14-20(18)28)31-27-24(23)26(30)32-33-27/h3-6,13-14,35H,2,7-12H2,1H3,(H3,30,31,32,33). The molecule has 0 aliphatic carbocycles. The number of nitrogens with zero attached hydrogens (tertiary/aromatic N) is 4. The number of aromatic hydroxyl groups is 1. The van der Waals surface area contributed by atoms with Crippen molar-refractivity contribution in [2.24, 2.45) is 0 Å². The summed E-state index contributed by atoms with van der Waals surface area (Å²) in [6.45, 7) is 4.78. The molecular formula is C27H27FN6O4. The second kappa shape index (κ2) is 10.9. The summed E-state index contributed by atoms with van der Waals surface area (Å²) in [5.74, 6) is 0.301. The lowest BCUT2D eigenvalue weighted by atomic mass is 9.93. The highest BCUT2D eigenvalue weighted by Gasteiger charge is 2.24. The van der Waals surface area contributed by atoms with E-state index in [4.69, 9.17) is 19.9 Å². The number of hydrogen-bond acceptors (Lipinski definition) is 9. The van der Waals surface area contributed by atoms with E-state index in [0.29, 0.717) is 34.6 Å². The maximum absolute atomic E-state index is 14.8. The SMILES string of the molecule is COc1cc(-c2c(C#N)c(-c3ccc(O)cc3F)nc3n[nH]c(N)c23)ccc1OCCCN1CCOCC1. The number of nitriles is 1. The molecule has 4 N–H and O–H groups in total. The van der Waals surface area contributed by atoms with Gasteiger partial charge < -0.3 is 25.1 Å². The lowest BCUT2D eigenvalue weighted by Gasteiger charge is -2.26. The molecule has 0 saturated carbocycles. The number of morpholine rings is 1. The Morgan fingerprint density at radius 3 is 2.76 bits per heavy atom. The fraction of sp³-hybridized carbons (Fsp3) is 0.296. The molecule has 4 aromatic rings. The number of methoxy groups -OCH3 is 1. The normalized spacial score (nSPS) is 13.9. The summed E-state index contributed by atoms with van der Waals surface area (Å²) in [6.07, 6.45) is 0.849. The largest absolute Gasteiger partial charge is 0.508 e. The predicted octanol–water partition coefficient (Wildman–Crippen LogP) is 3.70. The number of nitrogens with two attached hydrogens (primary N) is 1. The van der Waals surface area contributed by atoms with Crippen LogP contribution in [0.2, 0.25) is 0 Å². The van der Waals surface area contributed by atoms with Crippen molar-refractivity contribution < 1.29 is 23.7 Å². The van der Waals surface area contributed by atoms with E-state index in [1.807, 2.05) is 0 Å². The molecule has 1 aliphatic rings. The number of halogens is 1. The fourth-order valence-electron chi connectivity index (χ4n) is 4.60. The highest BCUT2D eigenvalue weighted by atomic mass is 19.1. The Labute approximate surface area is 218 Å². The predicted molar refractivity (Wildman–Crippen MR) is 139 cm³/mol. The molecule has 2 aromatic carbocycles. The Morgan fingerprint density at radius 2 is 2.03 bits per heavy atom. The van der Waals surface area contributed by atoms with Crippen LogP contribution in [-0.4, -0.2) is 71.8 Å². The molecule has 0 radical (unpaired) electrons. The quantitative estimate of drug-likeness (QED) is 0.298. The Kier molecular flexibility index (Phi) is 7.26. The van der Waals surface area contributed by atoms with Gasteiger partial charge in [0, 0.05) is 36.8 Å². The van der Waals surface area contributed by atoms with Crippen LogP contribution in [-0.2, 0) is 4.74 Å². The van der Waals surface area contributed by atoms with Crippen molar-refractivity contribution in [2.45, 2.75) is 6.42 Å². The van der Waals surface area contributed by atoms with Crippen molar-refractivity contribution >= 4 is 16.9 Å². The van der Waals surface area contributed by atoms with Crippen molar-refractivity contribution in [2.75, 3.05) is 52.3 Å². The van der Waals surface area contributed by atoms with E-state index in [2.05, 4.69) is 26.2 Å². The van der Waals surface area contributed by atoms with Crippen LogP contribution >= 0.6 is 0 Å². The maximum Gasteiger partial charge on any atom is 0.184 e. The van der Waals surface area contributed by atoms with Crippen LogP contribution in [0.3, 0.4) is 0 Å². The summed E-state index contributed by atoms with van der Waals surface area (Å²) in [5, 5.41) is 27.1. The van der Waals surface area contributed by atoms with Gasteiger partial charge in [0.15, 0.2) is 17.1 Å². The van der Waals surface area contributed by atoms with Gasteiger partial charge >= 0.3 is 0 Å². The molecule has 1 saturated heterocycles. The number of aromatic nitrogens is 3. The van der Waals surface area contributed by atoms with Gasteiger partial charge in [-0.25, -0.2) is 9.37 Å². The van der Waals surface area contributed by atoms with Gasteiger partial charge in [-0.05, 0) is 36.2 Å². The molecule has 0 amide bonds. The van der Waals surface area contributed by atoms with Gasteiger partial charge in [0.2, 0.25) is 0 Å². The van der Waals surface area contributed by atoms with Gasteiger partial charge in [0.05, 0.1) is 43.6 Å². The zero-order chi connectivity index (χ0) is 26.6. The molecule has 1 aliphatic heterocycles. The molecule has 0 bridgehead atoms. The summed E-state index contributed by atoms with van der Waals surface area (Å²) in [6, 6.07) is 11.1. The lowest BCUT2D eigenvalue weighted by molar-refractivity contribution is 0.0357. The number of fused-ring (bicyclic) bond motifs is 1. The first-order valence-electron chi connectivity index (χ1n) is 12.2. The highest BCUT2D eigenvalue weighted by Crippen LogP contribution is 2.41. The molecule has 196 valence electrons. The maximum atomic E-state index is 14.8. The van der Waals surface area contributed by atoms with Crippen LogP contribution in [0.1, 0.15) is 12.0 Å². The van der Waals surface area contributed by atoms with Crippen molar-refractivity contribution in [1.82, 2.24) is 20.1 Å². The van der Waals surface area contributed by atoms with E-state index >= 15 is 0 Å². The van der Waals surface area contributed by atoms with Crippen molar-refractivity contribution in [3.63, 3.8) is 0 Å². The molecule has 0 spiro atoms. The Bertz CT molecular complexity index is 1510. The number of nitrogen functional groups attached to an aromatic ring is 1. The van der Waals surface area contributed by atoms with Crippen LogP contribution < -0.4 is 15.2 Å². The Balaban J connectivity index is 1.51. The number of rotatable bonds is 8. The molecule has 38 heavy (non-hydrogen) atoms. The third-order valence-corrected chi connectivity index (χ3v) is 6.48. The summed E-state index contributed by atoms with van der Waals surface area (Å²) in [5.41, 5.74) is 7.68. The van der Waals surface area contributed by atoms with E-state index in [9.17, 15) is 14.8 Å². The molecule has 0 unspecified atom stereocenters. The average molecular weight is 519 g/mol. The minimum absolute atomic E-state index is 0.0521. The molecule has 2 aromatic heterocycles. The lowest BCUT2D eigenvalue weighted by Crippen LogP contribution is -2.37. The first kappa shape index (κ1) is 25.3. The minimum atomic E-state index is -0.721. The molecule has 5 rings (SSSR count). The fourth-order valence-corrected chi connectivity index (χ4v) is 4.60. The van der Waals surface area contributed by atoms with E-state index in [1.165, 1.54) is 19.2 Å². The zero-order valence-electron chi connectivity index (χ0n) is 20.8. The number of H-pyrrole nitrogens is 1. The first-order valence-corrected chi connectivity index (χ1v) is 12.2. The van der Waals surface area contributed by atoms with E-state index < -0.39 is 5.82 Å². The van der Waals surface area contributed by atoms with E-state index in [-0.39, 0.29) is 34.0 Å². The second-order valence-corrected chi connectivity index (χ2v) is 8.84. The first-order chi connectivity index (χ1) is 18.5. The third-order valence-electron chi connectivity index (χ3n) is 6.48. The zero-order valence-corrected chi connectivity index (χ0v) is 20.8. The number of pyridine rings is 1. The van der Waals surface area contributed by atoms with E-state index in [0.717, 1.165) is 45.3 Å². The topological polar surface area (TPSA) is 143 Å². The molecule has 10 nitrogen and oxygen atoms in total. The minimum Gasteiger partial charge on any atom is -0.508 e. The van der Waals surface area contributed by atoms with Crippen LogP contribution in [0, 0.1) is 17.1 Å². The van der Waals surface area contributed by atoms with Crippen LogP contribution in [0.4, 0.5) is 10.2 Å². The number of phenols is 1. The van der Waals surface area contributed by atoms with Crippen LogP contribution in [0.25, 0.3) is 33.4 Å². The number of nitrogens with one attached hydrogen (secondary N) is 1. The summed E-state index contributed by atoms with van der Waals surface area (Å²) in [7, 11) is 1.54. The van der Waals surface area contributed by atoms with Gasteiger partial charge in [-0.15, -0.1) is 0 Å². The molecule has 1 fully saturated rings. The second-order valence-electron chi connectivity index (χ2n) is 8.84. The highest BCUT2D eigenvalue weighted by molar-refractivity contribution is 6.04. The van der Waals surface area contributed by atoms with Gasteiger partial charge in [-0.2, -0.15) is 10.4 Å². The van der Waals surface area contributed by atoms with Crippen LogP contribution in [0.15, 0.2) is 36.4 Å². The number of hydrogen-bond donors (Lipinski definition) is 3. The van der Waals surface area contributed by atoms with Crippen LogP contribution in [0.5, 0.6) is 17.2 Å². The number of aromatic amines is 1. The Morgan fingerprint density at radius 1 is 1.21 bits per heavy atom. The third kappa shape index (κ3) is 4.91. The average Bonchev–Trinajstić information content (AvgIpc) is 3.30. The Hall–Kier alpha value is -4.40. The molecule has 11 heteroatoms. The summed E-state index contributed by atoms with van der Waals surface area (Å²) in [4.78, 5) is 6.77. The molecule has 0 atom stereocenters. The van der Waals surface area contributed by atoms with Gasteiger partial charge in [0.1, 0.15) is 23.5 Å². The van der Waals surface area contributed by atoms with Gasteiger partial charge in [-0.3, -0.25) is 10.00 Å². The number of ether oxygens (including phenoxy) is 3. The molecular weight excluding hydrogens is 491 g/mol. The molecule has 3 heterocycles. The number of phenolic OH excluding ortho intramolecular Hbond substituents is 1. The number of benzene rings is 2. The van der Waals surface area contributed by atoms with Crippen molar-refractivity contribution in [1.29, 1.82) is 5.26 Å². The van der Waals surface area contributed by atoms with Gasteiger partial charge in [0.25, 0.3) is 0 Å². The van der Waals surface area contributed by atoms with E-state index in [1.54, 1.807) is 18.2 Å². The van der Waals surface area contributed by atoms with Crippen molar-refractivity contribution in [3.05, 3.63) is 47.8 Å².